The van der Waals surface area contributed by atoms with Crippen LogP contribution in [0.25, 0.3) is 0 Å². The lowest BCUT2D eigenvalue weighted by molar-refractivity contribution is -0.135. The highest BCUT2D eigenvalue weighted by Crippen LogP contribution is 2.38. The molecule has 2 unspecified atom stereocenters. The maximum atomic E-state index is 13.8. The van der Waals surface area contributed by atoms with Crippen LogP contribution in [-0.4, -0.2) is 90.1 Å². The fourth-order valence-corrected chi connectivity index (χ4v) is 7.73. The molecule has 2 bridgehead atoms. The average molecular weight is 707 g/mol. The molecule has 1 aliphatic carbocycles. The number of piperidine rings is 1. The van der Waals surface area contributed by atoms with Crippen LogP contribution in [-0.2, 0) is 16.0 Å². The van der Waals surface area contributed by atoms with Crippen LogP contribution >= 0.6 is 23.2 Å². The van der Waals surface area contributed by atoms with Gasteiger partial charge in [0.2, 0.25) is 5.91 Å². The number of likely N-dealkylation sites (tertiary alicyclic amines) is 1. The minimum absolute atomic E-state index is 0.0496. The molecule has 2 saturated heterocycles. The second-order valence-corrected chi connectivity index (χ2v) is 14.1. The molecule has 3 aliphatic rings. The highest BCUT2D eigenvalue weighted by atomic mass is 35.5. The fourth-order valence-electron chi connectivity index (χ4n) is 7.43. The van der Waals surface area contributed by atoms with Gasteiger partial charge in [-0.2, -0.15) is 0 Å². The number of ether oxygens (including phenoxy) is 1. The Morgan fingerprint density at radius 3 is 2.31 bits per heavy atom. The summed E-state index contributed by atoms with van der Waals surface area (Å²) in [6.07, 6.45) is 0.687. The van der Waals surface area contributed by atoms with Crippen molar-refractivity contribution in [2.45, 2.75) is 51.2 Å². The van der Waals surface area contributed by atoms with Crippen LogP contribution in [0.4, 0.5) is 9.59 Å². The number of hydrogen-bond acceptors (Lipinski definition) is 6. The Labute approximate surface area is 296 Å². The van der Waals surface area contributed by atoms with E-state index in [0.717, 1.165) is 28.7 Å². The minimum atomic E-state index is -0.753. The monoisotopic (exact) mass is 705 g/mol. The summed E-state index contributed by atoms with van der Waals surface area (Å²) in [6.45, 7) is 5.97. The predicted molar refractivity (Wildman–Crippen MR) is 188 cm³/mol. The summed E-state index contributed by atoms with van der Waals surface area (Å²) in [7, 11) is 0. The van der Waals surface area contributed by atoms with Crippen molar-refractivity contribution in [3.63, 3.8) is 0 Å². The molecule has 2 heterocycles. The molecule has 0 aromatic heterocycles. The van der Waals surface area contributed by atoms with Crippen LogP contribution in [0.1, 0.15) is 51.5 Å². The molecule has 49 heavy (non-hydrogen) atoms. The van der Waals surface area contributed by atoms with Gasteiger partial charge in [-0.1, -0.05) is 76.8 Å². The Morgan fingerprint density at radius 2 is 1.61 bits per heavy atom. The van der Waals surface area contributed by atoms with Crippen molar-refractivity contribution in [3.8, 4) is 0 Å². The van der Waals surface area contributed by atoms with Crippen molar-refractivity contribution in [3.05, 3.63) is 105 Å². The second-order valence-electron chi connectivity index (χ2n) is 13.2. The van der Waals surface area contributed by atoms with Crippen molar-refractivity contribution >= 4 is 47.2 Å². The van der Waals surface area contributed by atoms with Crippen molar-refractivity contribution in [2.24, 2.45) is 5.92 Å². The first-order chi connectivity index (χ1) is 23.5. The number of carbonyl (C=O) groups is 4. The Morgan fingerprint density at radius 1 is 0.857 bits per heavy atom. The molecule has 2 aliphatic heterocycles. The number of alkyl carbamates (subject to hydrolysis) is 1. The van der Waals surface area contributed by atoms with E-state index in [-0.39, 0.29) is 36.4 Å². The third-order valence-electron chi connectivity index (χ3n) is 9.78. The number of rotatable bonds is 8. The van der Waals surface area contributed by atoms with E-state index in [1.807, 2.05) is 73.3 Å². The number of fused-ring (bicyclic) bond motifs is 2. The number of piperazine rings is 1. The molecule has 3 aromatic rings. The van der Waals surface area contributed by atoms with Crippen molar-refractivity contribution < 1.29 is 23.9 Å². The molecule has 3 aromatic carbocycles. The van der Waals surface area contributed by atoms with Crippen molar-refractivity contribution in [1.29, 1.82) is 0 Å². The summed E-state index contributed by atoms with van der Waals surface area (Å²) in [6, 6.07) is 20.5. The van der Waals surface area contributed by atoms with Crippen LogP contribution < -0.4 is 10.6 Å². The van der Waals surface area contributed by atoms with Crippen molar-refractivity contribution in [2.75, 3.05) is 39.3 Å². The average Bonchev–Trinajstić information content (AvgIpc) is 3.69. The lowest BCUT2D eigenvalue weighted by Crippen LogP contribution is -2.55. The van der Waals surface area contributed by atoms with Gasteiger partial charge in [0.25, 0.3) is 5.91 Å². The summed E-state index contributed by atoms with van der Waals surface area (Å²) in [5, 5.41) is 6.89. The lowest BCUT2D eigenvalue weighted by atomic mass is 10.00. The fraction of sp³-hybridized carbons (Fsp3) is 0.405. The molecule has 10 nitrogen and oxygen atoms in total. The number of amides is 4. The van der Waals surface area contributed by atoms with Gasteiger partial charge in [-0.25, -0.2) is 9.59 Å². The molecule has 258 valence electrons. The maximum absolute atomic E-state index is 13.8. The van der Waals surface area contributed by atoms with E-state index in [0.29, 0.717) is 61.2 Å². The SMILES string of the molecule is Cc1cc(C)cc(C(=O)N2CCN(C(=O)CNC3C[C@H]4CC3CN4C(=O)OC(=O)NCCc3ccccc3)[C@H](c3ccc(Cl)c(Cl)c3)C2)c1. The van der Waals surface area contributed by atoms with Gasteiger partial charge in [-0.15, -0.1) is 0 Å². The molecule has 2 N–H and O–H groups in total. The first-order valence-electron chi connectivity index (χ1n) is 16.7. The largest absolute Gasteiger partial charge is 0.419 e. The Hall–Kier alpha value is -4.12. The van der Waals surface area contributed by atoms with Gasteiger partial charge >= 0.3 is 12.2 Å². The quantitative estimate of drug-likeness (QED) is 0.288. The van der Waals surface area contributed by atoms with Crippen LogP contribution in [0.2, 0.25) is 10.0 Å². The molecule has 0 spiro atoms. The molecular formula is C37H41Cl2N5O5. The van der Waals surface area contributed by atoms with Gasteiger partial charge in [0.15, 0.2) is 0 Å². The highest BCUT2D eigenvalue weighted by Gasteiger charge is 2.47. The predicted octanol–water partition coefficient (Wildman–Crippen LogP) is 5.78. The first-order valence-corrected chi connectivity index (χ1v) is 17.5. The van der Waals surface area contributed by atoms with Crippen molar-refractivity contribution in [1.82, 2.24) is 25.3 Å². The van der Waals surface area contributed by atoms with E-state index >= 15 is 0 Å². The van der Waals surface area contributed by atoms with E-state index in [4.69, 9.17) is 27.9 Å². The Balaban J connectivity index is 1.03. The first kappa shape index (κ1) is 34.7. The minimum Gasteiger partial charge on any atom is -0.359 e. The molecular weight excluding hydrogens is 665 g/mol. The van der Waals surface area contributed by atoms with Gasteiger partial charge in [-0.05, 0) is 74.4 Å². The molecule has 4 amide bonds. The third-order valence-corrected chi connectivity index (χ3v) is 10.5. The molecule has 3 fully saturated rings. The Bertz CT molecular complexity index is 1700. The van der Waals surface area contributed by atoms with Crippen LogP contribution in [0.3, 0.4) is 0 Å². The summed E-state index contributed by atoms with van der Waals surface area (Å²) in [4.78, 5) is 57.6. The zero-order valence-corrected chi connectivity index (χ0v) is 29.2. The zero-order chi connectivity index (χ0) is 34.7. The van der Waals surface area contributed by atoms with Crippen LogP contribution in [0, 0.1) is 19.8 Å². The molecule has 6 rings (SSSR count). The van der Waals surface area contributed by atoms with E-state index in [1.165, 1.54) is 0 Å². The normalized spacial score (nSPS) is 21.5. The third kappa shape index (κ3) is 8.20. The Kier molecular flexibility index (Phi) is 10.8. The summed E-state index contributed by atoms with van der Waals surface area (Å²) in [5.74, 6) is -0.0118. The van der Waals surface area contributed by atoms with E-state index in [2.05, 4.69) is 10.6 Å². The summed E-state index contributed by atoms with van der Waals surface area (Å²) in [5.41, 5.74) is 4.55. The summed E-state index contributed by atoms with van der Waals surface area (Å²) >= 11 is 12.6. The van der Waals surface area contributed by atoms with Crippen LogP contribution in [0.5, 0.6) is 0 Å². The highest BCUT2D eigenvalue weighted by molar-refractivity contribution is 6.42. The number of nitrogens with zero attached hydrogens (tertiary/aromatic N) is 3. The van der Waals surface area contributed by atoms with Gasteiger partial charge in [0.1, 0.15) is 0 Å². The van der Waals surface area contributed by atoms with E-state index in [1.54, 1.807) is 21.9 Å². The van der Waals surface area contributed by atoms with Gasteiger partial charge in [-0.3, -0.25) is 9.59 Å². The number of halogens is 2. The molecule has 0 radical (unpaired) electrons. The van der Waals surface area contributed by atoms with E-state index < -0.39 is 18.2 Å². The molecule has 12 heteroatoms. The molecule has 1 saturated carbocycles. The number of aryl methyl sites for hydroxylation is 2. The topological polar surface area (TPSA) is 111 Å². The number of nitrogens with one attached hydrogen (secondary N) is 2. The lowest BCUT2D eigenvalue weighted by Gasteiger charge is -2.42. The maximum Gasteiger partial charge on any atom is 0.419 e. The number of carbonyl (C=O) groups excluding carboxylic acids is 4. The standard InChI is InChI=1S/C37H41Cl2N5O5/c1-23-14-24(2)16-27(15-23)35(46)42-12-13-43(33(22-42)26-8-9-30(38)31(39)18-26)34(45)20-41-32-19-29-17-28(32)21-44(29)37(48)49-36(47)40-11-10-25-6-4-3-5-7-25/h3-9,14-16,18,28-29,32-33,41H,10-13,17,19-22H2,1-2H3,(H,40,47)/t28?,29-,32?,33+/m1/s1. The van der Waals surface area contributed by atoms with Gasteiger partial charge < -0.3 is 30.1 Å². The smallest absolute Gasteiger partial charge is 0.359 e. The molecule has 4 atom stereocenters. The zero-order valence-electron chi connectivity index (χ0n) is 27.7. The van der Waals surface area contributed by atoms with Gasteiger partial charge in [0, 0.05) is 50.4 Å². The van der Waals surface area contributed by atoms with Crippen LogP contribution in [0.15, 0.2) is 66.7 Å². The van der Waals surface area contributed by atoms with E-state index in [9.17, 15) is 19.2 Å². The van der Waals surface area contributed by atoms with Gasteiger partial charge in [0.05, 0.1) is 22.6 Å². The number of hydrogen-bond donors (Lipinski definition) is 2. The summed E-state index contributed by atoms with van der Waals surface area (Å²) < 4.78 is 5.08. The number of benzene rings is 3. The second kappa shape index (κ2) is 15.2.